The lowest BCUT2D eigenvalue weighted by atomic mass is 10.0. The molecule has 0 saturated heterocycles. The minimum atomic E-state index is 0. The molecule has 112 valence electrons. The normalized spacial score (nSPS) is 6.75. The van der Waals surface area contributed by atoms with E-state index >= 15 is 0 Å². The smallest absolute Gasteiger partial charge is 0 e. The van der Waals surface area contributed by atoms with Gasteiger partial charge < -0.3 is 6.15 Å². The summed E-state index contributed by atoms with van der Waals surface area (Å²) in [7, 11) is 0. The Morgan fingerprint density at radius 2 is 1.55 bits per heavy atom. The topological polar surface area (TPSA) is 35.0 Å². The summed E-state index contributed by atoms with van der Waals surface area (Å²) in [6, 6.07) is 10.6. The fourth-order valence-electron chi connectivity index (χ4n) is 1.28. The van der Waals surface area contributed by atoms with Crippen LogP contribution in [0.1, 0.15) is 33.5 Å². The highest BCUT2D eigenvalue weighted by molar-refractivity contribution is 5.38. The van der Waals surface area contributed by atoms with E-state index in [1.54, 1.807) is 6.92 Å². The van der Waals surface area contributed by atoms with Crippen molar-refractivity contribution >= 4 is 0 Å². The maximum atomic E-state index is 4.82. The van der Waals surface area contributed by atoms with Crippen molar-refractivity contribution in [2.45, 2.75) is 27.2 Å². The number of hydrogen-bond donors (Lipinski definition) is 1. The van der Waals surface area contributed by atoms with Gasteiger partial charge in [-0.1, -0.05) is 50.1 Å². The van der Waals surface area contributed by atoms with E-state index in [1.807, 2.05) is 0 Å². The number of benzene rings is 1. The van der Waals surface area contributed by atoms with E-state index in [-0.39, 0.29) is 13.3 Å². The molecular formula is C19H31N. The Hall–Kier alpha value is -2.58. The van der Waals surface area contributed by atoms with Crippen molar-refractivity contribution in [2.75, 3.05) is 0 Å². The molecule has 0 amide bonds. The standard InChI is InChI=1S/C10H14.C9H4.H3N.5H2/c1-9(2)8-10-6-4-3-5-7-10;1-3-5-7-9-8-6-4-2;;;;;;/h3-7,9H,8H2,1-2H3;1H,2H3;1H3;5*1H. The second-order valence-electron chi connectivity index (χ2n) is 4.10. The van der Waals surface area contributed by atoms with Crippen LogP contribution in [0.2, 0.25) is 0 Å². The molecule has 0 fully saturated rings. The summed E-state index contributed by atoms with van der Waals surface area (Å²) in [4.78, 5) is 0. The molecular weight excluding hydrogens is 242 g/mol. The van der Waals surface area contributed by atoms with Crippen LogP contribution in [-0.2, 0) is 6.42 Å². The van der Waals surface area contributed by atoms with E-state index in [1.165, 1.54) is 12.0 Å². The molecule has 0 aliphatic rings. The van der Waals surface area contributed by atoms with Crippen LogP contribution in [0, 0.1) is 53.8 Å². The van der Waals surface area contributed by atoms with E-state index in [9.17, 15) is 0 Å². The quantitative estimate of drug-likeness (QED) is 0.762. The van der Waals surface area contributed by atoms with Crippen molar-refractivity contribution in [3.63, 3.8) is 0 Å². The predicted octanol–water partition coefficient (Wildman–Crippen LogP) is 4.93. The highest BCUT2D eigenvalue weighted by Crippen LogP contribution is 2.05. The van der Waals surface area contributed by atoms with Crippen LogP contribution in [-0.4, -0.2) is 0 Å². The number of hydrogen-bond acceptors (Lipinski definition) is 1. The molecule has 0 spiro atoms. The van der Waals surface area contributed by atoms with E-state index in [4.69, 9.17) is 6.42 Å². The first kappa shape index (κ1) is 19.8. The molecule has 0 unspecified atom stereocenters. The second kappa shape index (κ2) is 14.5. The van der Waals surface area contributed by atoms with Gasteiger partial charge in [0.2, 0.25) is 0 Å². The van der Waals surface area contributed by atoms with Crippen LogP contribution in [0.5, 0.6) is 0 Å². The maximum Gasteiger partial charge on any atom is 0 e. The van der Waals surface area contributed by atoms with Crippen molar-refractivity contribution < 1.29 is 7.13 Å². The van der Waals surface area contributed by atoms with Crippen LogP contribution < -0.4 is 6.15 Å². The minimum Gasteiger partial charge on any atom is -0.344 e. The summed E-state index contributed by atoms with van der Waals surface area (Å²) in [5.41, 5.74) is 1.44. The first-order valence-corrected chi connectivity index (χ1v) is 6.12. The molecule has 0 radical (unpaired) electrons. The summed E-state index contributed by atoms with van der Waals surface area (Å²) in [5.74, 6) is 17.7. The van der Waals surface area contributed by atoms with Gasteiger partial charge in [0, 0.05) is 7.13 Å². The van der Waals surface area contributed by atoms with Crippen molar-refractivity contribution in [1.29, 1.82) is 0 Å². The molecule has 3 N–H and O–H groups in total. The Balaban J connectivity index is -0.0000000420. The minimum absolute atomic E-state index is 0. The lowest BCUT2D eigenvalue weighted by molar-refractivity contribution is 0.647. The van der Waals surface area contributed by atoms with Gasteiger partial charge in [0.05, 0.1) is 0 Å². The lowest BCUT2D eigenvalue weighted by Gasteiger charge is -2.02. The largest absolute Gasteiger partial charge is 0.344 e. The van der Waals surface area contributed by atoms with Gasteiger partial charge in [0.15, 0.2) is 0 Å². The van der Waals surface area contributed by atoms with Crippen LogP contribution in [0.25, 0.3) is 0 Å². The molecule has 0 aromatic heterocycles. The summed E-state index contributed by atoms with van der Waals surface area (Å²) in [6.45, 7) is 6.20. The first-order chi connectivity index (χ1) is 9.20. The van der Waals surface area contributed by atoms with Crippen molar-refractivity contribution in [3.05, 3.63) is 35.9 Å². The SMILES string of the molecule is C#CC#CC#CC#CC.CC(C)Cc1ccccc1.N.[HH].[HH].[HH].[HH].[HH]. The van der Waals surface area contributed by atoms with Gasteiger partial charge in [-0.2, -0.15) is 0 Å². The van der Waals surface area contributed by atoms with Gasteiger partial charge in [0.25, 0.3) is 0 Å². The molecule has 0 saturated carbocycles. The van der Waals surface area contributed by atoms with Crippen LogP contribution in [0.4, 0.5) is 0 Å². The van der Waals surface area contributed by atoms with Crippen molar-refractivity contribution in [2.24, 2.45) is 5.92 Å². The summed E-state index contributed by atoms with van der Waals surface area (Å²) in [6.07, 6.45) is 6.01. The van der Waals surface area contributed by atoms with Gasteiger partial charge >= 0.3 is 0 Å². The predicted molar refractivity (Wildman–Crippen MR) is 98.4 cm³/mol. The van der Waals surface area contributed by atoms with Crippen LogP contribution >= 0.6 is 0 Å². The number of rotatable bonds is 2. The molecule has 1 rings (SSSR count). The highest BCUT2D eigenvalue weighted by atomic mass is 14.0. The Morgan fingerprint density at radius 1 is 1.00 bits per heavy atom. The second-order valence-corrected chi connectivity index (χ2v) is 4.10. The first-order valence-electron chi connectivity index (χ1n) is 6.12. The van der Waals surface area contributed by atoms with E-state index in [0.29, 0.717) is 0 Å². The Morgan fingerprint density at radius 3 is 2.05 bits per heavy atom. The third kappa shape index (κ3) is 13.5. The average Bonchev–Trinajstić information content (AvgIpc) is 2.40. The Kier molecular flexibility index (Phi) is 14.3. The molecule has 20 heavy (non-hydrogen) atoms. The molecule has 0 atom stereocenters. The van der Waals surface area contributed by atoms with E-state index < -0.39 is 0 Å². The third-order valence-corrected chi connectivity index (χ3v) is 1.93. The zero-order valence-corrected chi connectivity index (χ0v) is 12.5. The fourth-order valence-corrected chi connectivity index (χ4v) is 1.28. The zero-order chi connectivity index (χ0) is 14.3. The van der Waals surface area contributed by atoms with E-state index in [0.717, 1.165) is 5.92 Å². The Labute approximate surface area is 131 Å². The summed E-state index contributed by atoms with van der Waals surface area (Å²) >= 11 is 0. The molecule has 1 aromatic rings. The summed E-state index contributed by atoms with van der Waals surface area (Å²) < 4.78 is 0. The average molecular weight is 273 g/mol. The van der Waals surface area contributed by atoms with Crippen LogP contribution in [0.15, 0.2) is 30.3 Å². The van der Waals surface area contributed by atoms with E-state index in [2.05, 4.69) is 85.6 Å². The summed E-state index contributed by atoms with van der Waals surface area (Å²) in [5, 5.41) is 0. The van der Waals surface area contributed by atoms with Gasteiger partial charge in [-0.05, 0) is 60.3 Å². The monoisotopic (exact) mass is 273 g/mol. The van der Waals surface area contributed by atoms with Gasteiger partial charge in [-0.15, -0.1) is 6.42 Å². The van der Waals surface area contributed by atoms with Crippen molar-refractivity contribution in [3.8, 4) is 47.9 Å². The fraction of sp³-hybridized carbons (Fsp3) is 0.263. The number of terminal acetylenes is 1. The molecule has 0 aliphatic heterocycles. The molecule has 1 aromatic carbocycles. The molecule has 1 heteroatoms. The lowest BCUT2D eigenvalue weighted by Crippen LogP contribution is -1.92. The third-order valence-electron chi connectivity index (χ3n) is 1.93. The van der Waals surface area contributed by atoms with Crippen LogP contribution in [0.3, 0.4) is 0 Å². The highest BCUT2D eigenvalue weighted by Gasteiger charge is 1.94. The molecule has 0 aliphatic carbocycles. The Bertz CT molecular complexity index is 588. The van der Waals surface area contributed by atoms with Gasteiger partial charge in [-0.3, -0.25) is 0 Å². The van der Waals surface area contributed by atoms with Crippen molar-refractivity contribution in [1.82, 2.24) is 6.15 Å². The van der Waals surface area contributed by atoms with Gasteiger partial charge in [-0.25, -0.2) is 0 Å². The molecule has 0 bridgehead atoms. The zero-order valence-electron chi connectivity index (χ0n) is 12.5. The molecule has 0 heterocycles. The van der Waals surface area contributed by atoms with Gasteiger partial charge in [0.1, 0.15) is 0 Å². The maximum absolute atomic E-state index is 4.82. The molecule has 1 nitrogen and oxygen atoms in total.